The molecule has 15 heteroatoms. The van der Waals surface area contributed by atoms with Crippen molar-refractivity contribution in [3.63, 3.8) is 0 Å². The molecule has 5 heterocycles. The van der Waals surface area contributed by atoms with E-state index in [2.05, 4.69) is 37.4 Å². The van der Waals surface area contributed by atoms with E-state index in [1.807, 2.05) is 32.0 Å². The second-order valence-electron chi connectivity index (χ2n) is 15.8. The number of aliphatic hydroxyl groups is 2. The van der Waals surface area contributed by atoms with Gasteiger partial charge in [0.2, 0.25) is 0 Å². The lowest BCUT2D eigenvalue weighted by atomic mass is 9.43. The molecule has 2 aliphatic carbocycles. The number of allylic oxidation sites excluding steroid dienone is 1. The number of epoxide rings is 1. The number of morpholine rings is 1. The molecular formula is C38H51N7O8. The lowest BCUT2D eigenvalue weighted by Crippen LogP contribution is -2.68. The summed E-state index contributed by atoms with van der Waals surface area (Å²) in [5, 5.41) is 29.5. The number of cyclic esters (lactones) is 1. The van der Waals surface area contributed by atoms with Gasteiger partial charge in [0.1, 0.15) is 17.2 Å². The van der Waals surface area contributed by atoms with E-state index in [0.717, 1.165) is 0 Å². The minimum Gasteiger partial charge on any atom is -0.423 e. The number of Topliss-reactive ketones (excluding diaryl/α,β-unsaturated/α-hetero) is 1. The van der Waals surface area contributed by atoms with E-state index in [1.54, 1.807) is 12.3 Å². The average molecular weight is 734 g/mol. The van der Waals surface area contributed by atoms with Gasteiger partial charge < -0.3 is 40.8 Å². The van der Waals surface area contributed by atoms with Crippen LogP contribution in [0.5, 0.6) is 0 Å². The largest absolute Gasteiger partial charge is 0.423 e. The minimum atomic E-state index is -0.811. The maximum Gasteiger partial charge on any atom is 0.341 e. The molecule has 7 rings (SSSR count). The number of rotatable bonds is 12. The number of esters is 1. The van der Waals surface area contributed by atoms with Crippen LogP contribution >= 0.6 is 0 Å². The summed E-state index contributed by atoms with van der Waals surface area (Å²) in [7, 11) is 0. The predicted molar refractivity (Wildman–Crippen MR) is 195 cm³/mol. The van der Waals surface area contributed by atoms with Gasteiger partial charge in [-0.1, -0.05) is 19.9 Å². The Morgan fingerprint density at radius 3 is 2.68 bits per heavy atom. The molecule has 286 valence electrons. The van der Waals surface area contributed by atoms with Crippen LogP contribution in [0.1, 0.15) is 52.0 Å². The molecule has 1 spiro atoms. The third-order valence-electron chi connectivity index (χ3n) is 12.7. The summed E-state index contributed by atoms with van der Waals surface area (Å²) >= 11 is 0. The second kappa shape index (κ2) is 14.7. The lowest BCUT2D eigenvalue weighted by Gasteiger charge is -2.63. The van der Waals surface area contributed by atoms with Crippen molar-refractivity contribution in [2.24, 2.45) is 22.7 Å². The number of carbonyl (C=O) groups is 2. The number of aromatic nitrogens is 3. The molecule has 7 N–H and O–H groups in total. The standard InChI is InChI=1S/C38H51N7O8/c1-22(27(47)19-45-10-12-51-13-11-45)42-30-17-28-36(2,8-7-31(48)37(28,3)20-46)29(38(30)21-52-38)16-26(43-32-6-4-5-9-40-32)25-15-24(53-34(25)50)14-23-18-41-35(39)44-33(23)49/h4-6,9,14-15,18,22,26,28-31,42,46,48H,7-8,10-13,16-17,19-21H2,1-3H3,(H,40,43)(H3,39,41,44,49)/t22?,26?,28?,29?,30?,31-,36+,37+,38?/m1/s1. The fourth-order valence-corrected chi connectivity index (χ4v) is 9.54. The number of hydrogen-bond donors (Lipinski definition) is 6. The fraction of sp³-hybridized carbons (Fsp3) is 0.605. The van der Waals surface area contributed by atoms with Crippen LogP contribution in [0.4, 0.5) is 11.8 Å². The first kappa shape index (κ1) is 37.3. The second-order valence-corrected chi connectivity index (χ2v) is 15.8. The lowest BCUT2D eigenvalue weighted by molar-refractivity contribution is -0.184. The Balaban J connectivity index is 1.24. The van der Waals surface area contributed by atoms with Crippen LogP contribution in [0.15, 0.2) is 52.8 Å². The Kier molecular flexibility index (Phi) is 10.3. The highest BCUT2D eigenvalue weighted by atomic mass is 16.6. The van der Waals surface area contributed by atoms with Crippen LogP contribution in [0.3, 0.4) is 0 Å². The Labute approximate surface area is 308 Å². The smallest absolute Gasteiger partial charge is 0.341 e. The summed E-state index contributed by atoms with van der Waals surface area (Å²) in [6, 6.07) is 4.13. The molecule has 0 bridgehead atoms. The van der Waals surface area contributed by atoms with E-state index in [9.17, 15) is 24.6 Å². The molecule has 15 nitrogen and oxygen atoms in total. The Hall–Kier alpha value is -3.99. The number of nitrogens with zero attached hydrogens (tertiary/aromatic N) is 3. The van der Waals surface area contributed by atoms with E-state index in [1.165, 1.54) is 12.3 Å². The zero-order chi connectivity index (χ0) is 37.5. The SMILES string of the molecule is CC(NC1CC2[C@](C)(CC[C@@H](O)[C@@]2(C)CO)C(CC(Nc2ccccn2)C2=CC(=Cc3cnc(N)[nH]c3=O)OC2=O)C12CO2)C(=O)CN1CCOCC1. The normalized spacial score (nSPS) is 34.6. The van der Waals surface area contributed by atoms with Crippen molar-refractivity contribution < 1.29 is 34.0 Å². The first-order chi connectivity index (χ1) is 25.4. The Bertz CT molecular complexity index is 1810. The van der Waals surface area contributed by atoms with Gasteiger partial charge in [-0.25, -0.2) is 14.8 Å². The number of aromatic amines is 1. The highest BCUT2D eigenvalue weighted by molar-refractivity contribution is 5.95. The predicted octanol–water partition coefficient (Wildman–Crippen LogP) is 1.25. The van der Waals surface area contributed by atoms with Crippen molar-refractivity contribution >= 4 is 29.6 Å². The molecule has 5 aliphatic rings. The summed E-state index contributed by atoms with van der Waals surface area (Å²) in [4.78, 5) is 52.9. The molecule has 9 atom stereocenters. The summed E-state index contributed by atoms with van der Waals surface area (Å²) in [5.74, 6) is -0.124. The molecule has 0 radical (unpaired) electrons. The molecule has 0 aromatic carbocycles. The number of pyridine rings is 1. The van der Waals surface area contributed by atoms with Gasteiger partial charge in [-0.2, -0.15) is 0 Å². The maximum atomic E-state index is 13.7. The number of nitrogen functional groups attached to an aromatic ring is 1. The molecule has 6 unspecified atom stereocenters. The number of ketones is 1. The number of nitrogens with two attached hydrogens (primary N) is 1. The van der Waals surface area contributed by atoms with Crippen molar-refractivity contribution in [1.29, 1.82) is 0 Å². The third-order valence-corrected chi connectivity index (χ3v) is 12.7. The van der Waals surface area contributed by atoms with Crippen LogP contribution in [0.2, 0.25) is 0 Å². The number of hydrogen-bond acceptors (Lipinski definition) is 14. The number of ether oxygens (including phenoxy) is 3. The number of nitrogens with one attached hydrogen (secondary N) is 3. The summed E-state index contributed by atoms with van der Waals surface area (Å²) in [5.41, 5.74) is 3.77. The first-order valence-corrected chi connectivity index (χ1v) is 18.6. The van der Waals surface area contributed by atoms with Gasteiger partial charge in [-0.3, -0.25) is 19.5 Å². The highest BCUT2D eigenvalue weighted by Crippen LogP contribution is 2.66. The maximum absolute atomic E-state index is 13.7. The van der Waals surface area contributed by atoms with Crippen molar-refractivity contribution in [3.05, 3.63) is 63.9 Å². The summed E-state index contributed by atoms with van der Waals surface area (Å²) in [6.07, 6.45) is 7.54. The zero-order valence-corrected chi connectivity index (χ0v) is 30.5. The van der Waals surface area contributed by atoms with Crippen LogP contribution in [0, 0.1) is 22.7 Å². The highest BCUT2D eigenvalue weighted by Gasteiger charge is 2.71. The Morgan fingerprint density at radius 1 is 1.23 bits per heavy atom. The number of fused-ring (bicyclic) bond motifs is 1. The number of H-pyrrole nitrogens is 1. The van der Waals surface area contributed by atoms with Gasteiger partial charge in [-0.05, 0) is 74.1 Å². The zero-order valence-electron chi connectivity index (χ0n) is 30.5. The van der Waals surface area contributed by atoms with E-state index in [4.69, 9.17) is 19.9 Å². The fourth-order valence-electron chi connectivity index (χ4n) is 9.54. The monoisotopic (exact) mass is 733 g/mol. The number of aliphatic hydroxyl groups excluding tert-OH is 2. The summed E-state index contributed by atoms with van der Waals surface area (Å²) in [6.45, 7) is 9.26. The van der Waals surface area contributed by atoms with Crippen LogP contribution in [-0.2, 0) is 23.8 Å². The van der Waals surface area contributed by atoms with Gasteiger partial charge in [0.15, 0.2) is 11.7 Å². The molecule has 2 aromatic heterocycles. The molecular weight excluding hydrogens is 682 g/mol. The Morgan fingerprint density at radius 2 is 2.00 bits per heavy atom. The summed E-state index contributed by atoms with van der Waals surface area (Å²) < 4.78 is 17.7. The molecule has 0 amide bonds. The third kappa shape index (κ3) is 7.18. The molecule has 2 saturated carbocycles. The topological polar surface area (TPSA) is 218 Å². The number of anilines is 2. The van der Waals surface area contributed by atoms with Gasteiger partial charge in [-0.15, -0.1) is 0 Å². The van der Waals surface area contributed by atoms with E-state index < -0.39 is 46.1 Å². The number of carbonyl (C=O) groups excluding carboxylic acids is 2. The van der Waals surface area contributed by atoms with Crippen molar-refractivity contribution in [1.82, 2.24) is 25.2 Å². The van der Waals surface area contributed by atoms with Crippen LogP contribution in [0.25, 0.3) is 6.08 Å². The van der Waals surface area contributed by atoms with E-state index in [0.29, 0.717) is 76.5 Å². The molecule has 4 fully saturated rings. The molecule has 3 aliphatic heterocycles. The van der Waals surface area contributed by atoms with Crippen LogP contribution in [-0.4, -0.2) is 118 Å². The van der Waals surface area contributed by atoms with E-state index >= 15 is 0 Å². The van der Waals surface area contributed by atoms with Crippen LogP contribution < -0.4 is 21.9 Å². The van der Waals surface area contributed by atoms with Crippen molar-refractivity contribution in [3.8, 4) is 0 Å². The van der Waals surface area contributed by atoms with Gasteiger partial charge >= 0.3 is 5.97 Å². The quantitative estimate of drug-likeness (QED) is 0.134. The molecule has 2 saturated heterocycles. The van der Waals surface area contributed by atoms with Gasteiger partial charge in [0.25, 0.3) is 5.56 Å². The van der Waals surface area contributed by atoms with E-state index in [-0.39, 0.29) is 47.5 Å². The average Bonchev–Trinajstić information content (AvgIpc) is 3.85. The molecule has 2 aromatic rings. The first-order valence-electron chi connectivity index (χ1n) is 18.6. The van der Waals surface area contributed by atoms with Crippen molar-refractivity contribution in [2.75, 3.05) is 57.1 Å². The molecule has 53 heavy (non-hydrogen) atoms. The van der Waals surface area contributed by atoms with Crippen molar-refractivity contribution in [2.45, 2.75) is 76.3 Å². The van der Waals surface area contributed by atoms with Gasteiger partial charge in [0, 0.05) is 36.9 Å². The minimum absolute atomic E-state index is 0.0249. The van der Waals surface area contributed by atoms with Gasteiger partial charge in [0.05, 0.1) is 62.3 Å².